The third-order valence-corrected chi connectivity index (χ3v) is 8.49. The van der Waals surface area contributed by atoms with Crippen molar-refractivity contribution in [3.63, 3.8) is 0 Å². The fourth-order valence-electron chi connectivity index (χ4n) is 7.06. The second kappa shape index (κ2) is 8.61. The maximum absolute atomic E-state index is 16.0. The van der Waals surface area contributed by atoms with Gasteiger partial charge in [0.05, 0.1) is 11.6 Å². The van der Waals surface area contributed by atoms with E-state index < -0.39 is 63.9 Å². The predicted molar refractivity (Wildman–Crippen MR) is 138 cm³/mol. The highest BCUT2D eigenvalue weighted by Gasteiger charge is 2.64. The first-order valence-electron chi connectivity index (χ1n) is 12.9. The topological polar surface area (TPSA) is 165 Å². The second-order valence-electron chi connectivity index (χ2n) is 12.6. The number of aliphatic hydroxyl groups excluding tert-OH is 2. The second-order valence-corrected chi connectivity index (χ2v) is 12.6. The number of benzene rings is 1. The molecule has 1 aromatic rings. The molecule has 6 N–H and O–H groups in total. The number of aromatic hydroxyl groups is 1. The molecule has 5 rings (SSSR count). The molecule has 10 nitrogen and oxygen atoms in total. The average Bonchev–Trinajstić information content (AvgIpc) is 3.22. The van der Waals surface area contributed by atoms with Gasteiger partial charge < -0.3 is 26.2 Å². The van der Waals surface area contributed by atoms with Crippen LogP contribution in [0.1, 0.15) is 49.4 Å². The van der Waals surface area contributed by atoms with Gasteiger partial charge in [-0.1, -0.05) is 20.8 Å². The highest BCUT2D eigenvalue weighted by atomic mass is 19.1. The van der Waals surface area contributed by atoms with Gasteiger partial charge in [-0.2, -0.15) is 0 Å². The van der Waals surface area contributed by atoms with Crippen LogP contribution in [0.3, 0.4) is 0 Å². The Balaban J connectivity index is 1.67. The molecule has 1 aromatic carbocycles. The van der Waals surface area contributed by atoms with Crippen molar-refractivity contribution in [2.45, 2.75) is 58.3 Å². The van der Waals surface area contributed by atoms with E-state index in [-0.39, 0.29) is 53.8 Å². The summed E-state index contributed by atoms with van der Waals surface area (Å²) in [6.45, 7) is 7.33. The number of ketones is 2. The first-order valence-corrected chi connectivity index (χ1v) is 12.9. The van der Waals surface area contributed by atoms with Gasteiger partial charge in [-0.15, -0.1) is 0 Å². The number of Topliss-reactive ketones (excluding diaryl/α,β-unsaturated/α-hetero) is 2. The van der Waals surface area contributed by atoms with Crippen molar-refractivity contribution in [2.24, 2.45) is 23.0 Å². The largest absolute Gasteiger partial charge is 0.508 e. The molecule has 1 saturated carbocycles. The number of carbonyl (C=O) groups excluding carboxylic acids is 3. The van der Waals surface area contributed by atoms with E-state index in [1.165, 1.54) is 19.0 Å². The SMILES string of the molecule is CN(C)[C@@H]1C(=O)C(C(N)=O)=C(O)[C@@]2(O)C(=O)C3=C(O)c4c(O)c5c(c(F)c4C[C@H]3C[C@@H]12)CN(CC(C)(C)C)C5. The van der Waals surface area contributed by atoms with Crippen molar-refractivity contribution < 1.29 is 39.2 Å². The number of fused-ring (bicyclic) bond motifs is 4. The van der Waals surface area contributed by atoms with Crippen molar-refractivity contribution in [3.05, 3.63) is 45.0 Å². The molecule has 1 amide bonds. The lowest BCUT2D eigenvalue weighted by atomic mass is 9.57. The van der Waals surface area contributed by atoms with Gasteiger partial charge in [0.25, 0.3) is 5.91 Å². The van der Waals surface area contributed by atoms with Gasteiger partial charge in [0, 0.05) is 47.8 Å². The van der Waals surface area contributed by atoms with E-state index in [0.717, 1.165) is 0 Å². The van der Waals surface area contributed by atoms with Gasteiger partial charge in [-0.3, -0.25) is 24.2 Å². The van der Waals surface area contributed by atoms with Crippen molar-refractivity contribution in [1.82, 2.24) is 9.80 Å². The Bertz CT molecular complexity index is 1410. The third kappa shape index (κ3) is 3.74. The Morgan fingerprint density at radius 1 is 1.13 bits per heavy atom. The third-order valence-electron chi connectivity index (χ3n) is 8.49. The minimum Gasteiger partial charge on any atom is -0.508 e. The molecule has 1 aliphatic heterocycles. The van der Waals surface area contributed by atoms with Crippen LogP contribution in [0.4, 0.5) is 4.39 Å². The van der Waals surface area contributed by atoms with E-state index >= 15 is 4.39 Å². The summed E-state index contributed by atoms with van der Waals surface area (Å²) in [5.74, 6) is -7.98. The molecular weight excluding hydrogens is 509 g/mol. The van der Waals surface area contributed by atoms with E-state index in [4.69, 9.17) is 5.73 Å². The minimum absolute atomic E-state index is 0.0643. The number of nitrogens with zero attached hydrogens (tertiary/aromatic N) is 2. The number of phenols is 1. The number of hydrogen-bond donors (Lipinski definition) is 5. The molecule has 39 heavy (non-hydrogen) atoms. The summed E-state index contributed by atoms with van der Waals surface area (Å²) in [5, 5.41) is 45.2. The molecule has 3 aliphatic carbocycles. The molecule has 1 fully saturated rings. The van der Waals surface area contributed by atoms with Gasteiger partial charge >= 0.3 is 0 Å². The van der Waals surface area contributed by atoms with Crippen LogP contribution in [-0.4, -0.2) is 80.0 Å². The summed E-state index contributed by atoms with van der Waals surface area (Å²) in [7, 11) is 3.05. The molecule has 210 valence electrons. The fraction of sp³-hybridized carbons (Fsp3) is 0.536. The van der Waals surface area contributed by atoms with Crippen molar-refractivity contribution in [3.8, 4) is 5.75 Å². The van der Waals surface area contributed by atoms with E-state index in [2.05, 4.69) is 0 Å². The molecule has 0 saturated heterocycles. The first kappa shape index (κ1) is 27.3. The van der Waals surface area contributed by atoms with Gasteiger partial charge in [0.2, 0.25) is 5.78 Å². The number of primary amides is 1. The summed E-state index contributed by atoms with van der Waals surface area (Å²) >= 11 is 0. The lowest BCUT2D eigenvalue weighted by Gasteiger charge is -2.50. The molecule has 0 aromatic heterocycles. The Labute approximate surface area is 225 Å². The highest BCUT2D eigenvalue weighted by Crippen LogP contribution is 2.54. The standard InChI is InChI=1S/C28H34FN3O7/c1-27(2,3)10-32-8-13-14(9-32)21(33)17-12(19(13)29)6-11-7-15-20(31(4)5)23(35)18(26(30)38)25(37)28(15,39)24(36)16(11)22(17)34/h11,15,20,33-34,37,39H,6-10H2,1-5H3,(H2,30,38)/t11-,15-,20-,28-/m0/s1. The summed E-state index contributed by atoms with van der Waals surface area (Å²) in [6, 6.07) is -1.19. The van der Waals surface area contributed by atoms with Crippen molar-refractivity contribution >= 4 is 23.2 Å². The van der Waals surface area contributed by atoms with Crippen LogP contribution in [-0.2, 0) is 33.9 Å². The zero-order chi connectivity index (χ0) is 28.9. The summed E-state index contributed by atoms with van der Waals surface area (Å²) < 4.78 is 16.0. The maximum Gasteiger partial charge on any atom is 0.255 e. The molecule has 0 spiro atoms. The summed E-state index contributed by atoms with van der Waals surface area (Å²) in [6.07, 6.45) is -0.153. The van der Waals surface area contributed by atoms with Crippen LogP contribution in [0.25, 0.3) is 5.76 Å². The van der Waals surface area contributed by atoms with Gasteiger partial charge in [0.15, 0.2) is 11.4 Å². The normalized spacial score (nSPS) is 29.0. The van der Waals surface area contributed by atoms with Crippen LogP contribution in [0.2, 0.25) is 0 Å². The van der Waals surface area contributed by atoms with E-state index in [1.807, 2.05) is 25.7 Å². The van der Waals surface area contributed by atoms with Gasteiger partial charge in [-0.05, 0) is 38.3 Å². The predicted octanol–water partition coefficient (Wildman–Crippen LogP) is 1.46. The molecule has 11 heteroatoms. The number of carbonyl (C=O) groups is 3. The number of hydrogen-bond acceptors (Lipinski definition) is 9. The van der Waals surface area contributed by atoms with Crippen LogP contribution < -0.4 is 5.73 Å². The Morgan fingerprint density at radius 2 is 1.74 bits per heavy atom. The number of halogens is 1. The summed E-state index contributed by atoms with van der Waals surface area (Å²) in [5.41, 5.74) is 1.90. The van der Waals surface area contributed by atoms with E-state index in [0.29, 0.717) is 17.7 Å². The number of amides is 1. The molecule has 1 heterocycles. The van der Waals surface area contributed by atoms with Crippen LogP contribution in [0, 0.1) is 23.1 Å². The van der Waals surface area contributed by atoms with Crippen molar-refractivity contribution in [2.75, 3.05) is 20.6 Å². The lowest BCUT2D eigenvalue weighted by Crippen LogP contribution is -2.65. The number of phenolic OH excluding ortho intramolecular Hbond substituents is 1. The summed E-state index contributed by atoms with van der Waals surface area (Å²) in [4.78, 5) is 42.6. The quantitative estimate of drug-likeness (QED) is 0.355. The monoisotopic (exact) mass is 543 g/mol. The number of rotatable bonds is 3. The lowest BCUT2D eigenvalue weighted by molar-refractivity contribution is -0.153. The van der Waals surface area contributed by atoms with E-state index in [1.54, 1.807) is 0 Å². The van der Waals surface area contributed by atoms with Crippen LogP contribution in [0.15, 0.2) is 16.9 Å². The highest BCUT2D eigenvalue weighted by molar-refractivity contribution is 6.24. The zero-order valence-corrected chi connectivity index (χ0v) is 22.6. The number of likely N-dealkylation sites (N-methyl/N-ethyl adjacent to an activating group) is 1. The number of nitrogens with two attached hydrogens (primary N) is 1. The Hall–Kier alpha value is -3.28. The Morgan fingerprint density at radius 3 is 2.31 bits per heavy atom. The molecule has 0 radical (unpaired) electrons. The van der Waals surface area contributed by atoms with Crippen LogP contribution >= 0.6 is 0 Å². The first-order chi connectivity index (χ1) is 18.0. The smallest absolute Gasteiger partial charge is 0.255 e. The number of aliphatic hydroxyl groups is 3. The Kier molecular flexibility index (Phi) is 6.02. The van der Waals surface area contributed by atoms with Crippen LogP contribution in [0.5, 0.6) is 5.75 Å². The van der Waals surface area contributed by atoms with Gasteiger partial charge in [-0.25, -0.2) is 4.39 Å². The fourth-order valence-corrected chi connectivity index (χ4v) is 7.06. The van der Waals surface area contributed by atoms with E-state index in [9.17, 15) is 34.8 Å². The zero-order valence-electron chi connectivity index (χ0n) is 22.6. The molecule has 0 unspecified atom stereocenters. The molecular formula is C28H34FN3O7. The average molecular weight is 544 g/mol. The minimum atomic E-state index is -2.72. The van der Waals surface area contributed by atoms with Gasteiger partial charge in [0.1, 0.15) is 28.7 Å². The van der Waals surface area contributed by atoms with Crippen molar-refractivity contribution in [1.29, 1.82) is 0 Å². The molecule has 0 bridgehead atoms. The molecule has 4 atom stereocenters. The maximum atomic E-state index is 16.0. The molecule has 4 aliphatic rings.